The average molecular weight is 323 g/mol. The molecule has 0 bridgehead atoms. The van der Waals surface area contributed by atoms with E-state index in [1.807, 2.05) is 12.1 Å². The number of hydrogen-bond acceptors (Lipinski definition) is 3. The van der Waals surface area contributed by atoms with Crippen LogP contribution in [0, 0.1) is 5.41 Å². The number of rotatable bonds is 4. The third-order valence-electron chi connectivity index (χ3n) is 4.96. The number of nitrogens with two attached hydrogens (primary N) is 1. The SMILES string of the molecule is NC(=O)CN1CCC2(CC1)CO[C@@H](Cc1ccc(Cl)cc1)C2. The number of carbonyl (C=O) groups is 1. The minimum Gasteiger partial charge on any atom is -0.377 e. The van der Waals surface area contributed by atoms with Crippen molar-refractivity contribution >= 4 is 17.5 Å². The van der Waals surface area contributed by atoms with Crippen LogP contribution in [-0.2, 0) is 16.0 Å². The van der Waals surface area contributed by atoms with Gasteiger partial charge in [-0.3, -0.25) is 9.69 Å². The number of primary amides is 1. The van der Waals surface area contributed by atoms with Gasteiger partial charge in [-0.1, -0.05) is 23.7 Å². The first-order valence-corrected chi connectivity index (χ1v) is 8.29. The van der Waals surface area contributed by atoms with E-state index in [1.54, 1.807) is 0 Å². The van der Waals surface area contributed by atoms with Gasteiger partial charge in [0, 0.05) is 5.02 Å². The zero-order chi connectivity index (χ0) is 15.6. The van der Waals surface area contributed by atoms with Gasteiger partial charge in [-0.25, -0.2) is 0 Å². The van der Waals surface area contributed by atoms with Gasteiger partial charge in [0.1, 0.15) is 0 Å². The molecule has 2 fully saturated rings. The van der Waals surface area contributed by atoms with Crippen LogP contribution in [0.3, 0.4) is 0 Å². The summed E-state index contributed by atoms with van der Waals surface area (Å²) in [5.41, 5.74) is 6.84. The summed E-state index contributed by atoms with van der Waals surface area (Å²) in [5.74, 6) is -0.237. The molecule has 5 heteroatoms. The number of piperidine rings is 1. The first-order chi connectivity index (χ1) is 10.5. The summed E-state index contributed by atoms with van der Waals surface area (Å²) in [5, 5.41) is 0.773. The predicted molar refractivity (Wildman–Crippen MR) is 86.8 cm³/mol. The number of nitrogens with zero attached hydrogens (tertiary/aromatic N) is 1. The number of halogens is 1. The summed E-state index contributed by atoms with van der Waals surface area (Å²) >= 11 is 5.93. The van der Waals surface area contributed by atoms with E-state index in [1.165, 1.54) is 5.56 Å². The molecule has 0 unspecified atom stereocenters. The minimum absolute atomic E-state index is 0.237. The Bertz CT molecular complexity index is 524. The van der Waals surface area contributed by atoms with E-state index in [9.17, 15) is 4.79 Å². The molecule has 1 amide bonds. The van der Waals surface area contributed by atoms with Crippen LogP contribution in [-0.4, -0.2) is 43.2 Å². The van der Waals surface area contributed by atoms with Crippen LogP contribution in [0.5, 0.6) is 0 Å². The van der Waals surface area contributed by atoms with Crippen molar-refractivity contribution in [2.24, 2.45) is 11.1 Å². The monoisotopic (exact) mass is 322 g/mol. The molecule has 2 aliphatic rings. The number of carbonyl (C=O) groups excluding carboxylic acids is 1. The molecule has 3 rings (SSSR count). The molecule has 0 aromatic heterocycles. The first-order valence-electron chi connectivity index (χ1n) is 7.91. The Hall–Kier alpha value is -1.10. The second-order valence-electron chi connectivity index (χ2n) is 6.71. The van der Waals surface area contributed by atoms with Crippen molar-refractivity contribution < 1.29 is 9.53 Å². The highest BCUT2D eigenvalue weighted by Gasteiger charge is 2.42. The molecule has 4 nitrogen and oxygen atoms in total. The Morgan fingerprint density at radius 2 is 2.00 bits per heavy atom. The molecule has 1 aromatic carbocycles. The van der Waals surface area contributed by atoms with Crippen LogP contribution in [0.25, 0.3) is 0 Å². The van der Waals surface area contributed by atoms with Gasteiger partial charge >= 0.3 is 0 Å². The zero-order valence-electron chi connectivity index (χ0n) is 12.8. The van der Waals surface area contributed by atoms with Crippen molar-refractivity contribution in [1.82, 2.24) is 4.90 Å². The van der Waals surface area contributed by atoms with Gasteiger partial charge in [0.25, 0.3) is 0 Å². The van der Waals surface area contributed by atoms with Crippen molar-refractivity contribution in [2.75, 3.05) is 26.2 Å². The maximum Gasteiger partial charge on any atom is 0.231 e. The molecule has 2 N–H and O–H groups in total. The molecule has 0 radical (unpaired) electrons. The highest BCUT2D eigenvalue weighted by atomic mass is 35.5. The maximum absolute atomic E-state index is 11.0. The van der Waals surface area contributed by atoms with E-state index in [4.69, 9.17) is 22.1 Å². The predicted octanol–water partition coefficient (Wildman–Crippen LogP) is 2.24. The Morgan fingerprint density at radius 3 is 2.64 bits per heavy atom. The molecule has 0 aliphatic carbocycles. The number of likely N-dealkylation sites (tertiary alicyclic amines) is 1. The molecule has 22 heavy (non-hydrogen) atoms. The zero-order valence-corrected chi connectivity index (χ0v) is 13.5. The third-order valence-corrected chi connectivity index (χ3v) is 5.21. The lowest BCUT2D eigenvalue weighted by Crippen LogP contribution is -2.44. The third kappa shape index (κ3) is 3.80. The number of amides is 1. The second kappa shape index (κ2) is 6.57. The lowest BCUT2D eigenvalue weighted by molar-refractivity contribution is -0.119. The standard InChI is InChI=1S/C17H23ClN2O2/c18-14-3-1-13(2-4-14)9-15-10-17(12-22-15)5-7-20(8-6-17)11-16(19)21/h1-4,15H,5-12H2,(H2,19,21)/t15-/m0/s1. The summed E-state index contributed by atoms with van der Waals surface area (Å²) in [4.78, 5) is 13.2. The molecule has 2 heterocycles. The molecule has 1 spiro atoms. The van der Waals surface area contributed by atoms with Crippen molar-refractivity contribution in [1.29, 1.82) is 0 Å². The van der Waals surface area contributed by atoms with Crippen LogP contribution < -0.4 is 5.73 Å². The normalized spacial score (nSPS) is 24.7. The van der Waals surface area contributed by atoms with E-state index in [0.29, 0.717) is 18.1 Å². The van der Waals surface area contributed by atoms with Crippen LogP contribution in [0.2, 0.25) is 5.02 Å². The molecule has 2 aliphatic heterocycles. The Balaban J connectivity index is 1.52. The summed E-state index contributed by atoms with van der Waals surface area (Å²) in [7, 11) is 0. The van der Waals surface area contributed by atoms with E-state index in [0.717, 1.165) is 50.4 Å². The Morgan fingerprint density at radius 1 is 1.32 bits per heavy atom. The van der Waals surface area contributed by atoms with Gasteiger partial charge in [0.15, 0.2) is 0 Å². The Kier molecular flexibility index (Phi) is 4.71. The van der Waals surface area contributed by atoms with Crippen LogP contribution in [0.1, 0.15) is 24.8 Å². The highest BCUT2D eigenvalue weighted by Crippen LogP contribution is 2.42. The fourth-order valence-electron chi connectivity index (χ4n) is 3.66. The van der Waals surface area contributed by atoms with Crippen LogP contribution >= 0.6 is 11.6 Å². The van der Waals surface area contributed by atoms with E-state index in [-0.39, 0.29) is 5.91 Å². The van der Waals surface area contributed by atoms with Crippen molar-refractivity contribution in [3.8, 4) is 0 Å². The topological polar surface area (TPSA) is 55.6 Å². The van der Waals surface area contributed by atoms with Gasteiger partial charge in [-0.2, -0.15) is 0 Å². The largest absolute Gasteiger partial charge is 0.377 e. The molecule has 0 saturated carbocycles. The average Bonchev–Trinajstić information content (AvgIpc) is 2.87. The van der Waals surface area contributed by atoms with E-state index >= 15 is 0 Å². The highest BCUT2D eigenvalue weighted by molar-refractivity contribution is 6.30. The fourth-order valence-corrected chi connectivity index (χ4v) is 3.79. The quantitative estimate of drug-likeness (QED) is 0.925. The molecular formula is C17H23ClN2O2. The molecular weight excluding hydrogens is 300 g/mol. The summed E-state index contributed by atoms with van der Waals surface area (Å²) in [6, 6.07) is 8.02. The van der Waals surface area contributed by atoms with Crippen molar-refractivity contribution in [3.63, 3.8) is 0 Å². The van der Waals surface area contributed by atoms with Gasteiger partial charge in [0.2, 0.25) is 5.91 Å². The molecule has 2 saturated heterocycles. The molecule has 120 valence electrons. The van der Waals surface area contributed by atoms with Crippen molar-refractivity contribution in [3.05, 3.63) is 34.9 Å². The fraction of sp³-hybridized carbons (Fsp3) is 0.588. The summed E-state index contributed by atoms with van der Waals surface area (Å²) in [6.07, 6.45) is 4.54. The lowest BCUT2D eigenvalue weighted by Gasteiger charge is -2.37. The number of ether oxygens (including phenoxy) is 1. The van der Waals surface area contributed by atoms with E-state index < -0.39 is 0 Å². The second-order valence-corrected chi connectivity index (χ2v) is 7.15. The van der Waals surface area contributed by atoms with Gasteiger partial charge in [0.05, 0.1) is 19.3 Å². The lowest BCUT2D eigenvalue weighted by atomic mass is 9.76. The first kappa shape index (κ1) is 15.8. The molecule has 1 aromatic rings. The number of benzene rings is 1. The van der Waals surface area contributed by atoms with Crippen molar-refractivity contribution in [2.45, 2.75) is 31.8 Å². The van der Waals surface area contributed by atoms with Crippen LogP contribution in [0.15, 0.2) is 24.3 Å². The van der Waals surface area contributed by atoms with Gasteiger partial charge < -0.3 is 10.5 Å². The van der Waals surface area contributed by atoms with Gasteiger partial charge in [-0.05, 0) is 61.9 Å². The summed E-state index contributed by atoms with van der Waals surface area (Å²) < 4.78 is 6.05. The maximum atomic E-state index is 11.0. The van der Waals surface area contributed by atoms with Gasteiger partial charge in [-0.15, -0.1) is 0 Å². The van der Waals surface area contributed by atoms with Crippen LogP contribution in [0.4, 0.5) is 0 Å². The number of hydrogen-bond donors (Lipinski definition) is 1. The molecule has 1 atom stereocenters. The smallest absolute Gasteiger partial charge is 0.231 e. The Labute approximate surface area is 136 Å². The summed E-state index contributed by atoms with van der Waals surface area (Å²) in [6.45, 7) is 3.11. The minimum atomic E-state index is -0.237. The van der Waals surface area contributed by atoms with E-state index in [2.05, 4.69) is 17.0 Å².